The minimum Gasteiger partial charge on any atom is -0.399 e. The Morgan fingerprint density at radius 1 is 1.29 bits per heavy atom. The van der Waals surface area contributed by atoms with Crippen molar-refractivity contribution >= 4 is 11.4 Å². The molecule has 2 N–H and O–H groups in total. The topological polar surface area (TPSA) is 29.3 Å². The average Bonchev–Trinajstić information content (AvgIpc) is 2.31. The van der Waals surface area contributed by atoms with E-state index in [1.807, 2.05) is 6.07 Å². The second-order valence-electron chi connectivity index (χ2n) is 5.58. The largest absolute Gasteiger partial charge is 0.399 e. The number of hydrogen-bond donors (Lipinski definition) is 1. The Balaban J connectivity index is 2.18. The molecule has 2 rings (SSSR count). The lowest BCUT2D eigenvalue weighted by Gasteiger charge is -2.36. The highest BCUT2D eigenvalue weighted by atomic mass is 15.1. The van der Waals surface area contributed by atoms with Crippen molar-refractivity contribution in [1.82, 2.24) is 0 Å². The molecule has 1 aliphatic rings. The van der Waals surface area contributed by atoms with Gasteiger partial charge in [-0.25, -0.2) is 0 Å². The minimum absolute atomic E-state index is 0.680. The molecule has 0 bridgehead atoms. The van der Waals surface area contributed by atoms with E-state index >= 15 is 0 Å². The van der Waals surface area contributed by atoms with Gasteiger partial charge in [0.05, 0.1) is 0 Å². The van der Waals surface area contributed by atoms with Crippen LogP contribution in [-0.2, 0) is 0 Å². The lowest BCUT2D eigenvalue weighted by atomic mass is 9.86. The van der Waals surface area contributed by atoms with Gasteiger partial charge in [-0.15, -0.1) is 0 Å². The van der Waals surface area contributed by atoms with E-state index in [4.69, 9.17) is 5.73 Å². The van der Waals surface area contributed by atoms with Gasteiger partial charge in [-0.2, -0.15) is 0 Å². The molecule has 1 aliphatic carbocycles. The molecule has 2 unspecified atom stereocenters. The van der Waals surface area contributed by atoms with E-state index < -0.39 is 0 Å². The Bertz CT molecular complexity index is 387. The van der Waals surface area contributed by atoms with Gasteiger partial charge in [0.1, 0.15) is 0 Å². The first kappa shape index (κ1) is 12.3. The molecule has 17 heavy (non-hydrogen) atoms. The number of anilines is 2. The summed E-state index contributed by atoms with van der Waals surface area (Å²) in [7, 11) is 2.21. The van der Waals surface area contributed by atoms with E-state index in [9.17, 15) is 0 Å². The Hall–Kier alpha value is -1.18. The van der Waals surface area contributed by atoms with Crippen LogP contribution in [-0.4, -0.2) is 13.1 Å². The molecule has 1 saturated carbocycles. The highest BCUT2D eigenvalue weighted by Gasteiger charge is 2.23. The first-order valence-corrected chi connectivity index (χ1v) is 6.67. The predicted octanol–water partition coefficient (Wildman–Crippen LogP) is 3.59. The lowest BCUT2D eigenvalue weighted by Crippen LogP contribution is -2.35. The minimum atomic E-state index is 0.680. The molecule has 2 atom stereocenters. The average molecular weight is 232 g/mol. The van der Waals surface area contributed by atoms with Crippen molar-refractivity contribution in [1.29, 1.82) is 0 Å². The predicted molar refractivity (Wildman–Crippen MR) is 75.4 cm³/mol. The molecular weight excluding hydrogens is 208 g/mol. The van der Waals surface area contributed by atoms with Crippen molar-refractivity contribution in [3.05, 3.63) is 23.8 Å². The van der Waals surface area contributed by atoms with Crippen LogP contribution in [0.25, 0.3) is 0 Å². The van der Waals surface area contributed by atoms with Crippen LogP contribution in [0.2, 0.25) is 0 Å². The molecule has 2 nitrogen and oxygen atoms in total. The Morgan fingerprint density at radius 3 is 2.76 bits per heavy atom. The number of nitrogens with two attached hydrogens (primary N) is 1. The summed E-state index contributed by atoms with van der Waals surface area (Å²) in [5.41, 5.74) is 9.37. The first-order chi connectivity index (χ1) is 8.08. The van der Waals surface area contributed by atoms with E-state index in [1.165, 1.54) is 36.9 Å². The maximum atomic E-state index is 5.90. The number of aryl methyl sites for hydroxylation is 1. The summed E-state index contributed by atoms with van der Waals surface area (Å²) in [6.07, 6.45) is 5.37. The summed E-state index contributed by atoms with van der Waals surface area (Å²) in [4.78, 5) is 2.43. The molecule has 0 aliphatic heterocycles. The molecule has 0 spiro atoms. The molecule has 0 saturated heterocycles. The fourth-order valence-corrected chi connectivity index (χ4v) is 2.96. The van der Waals surface area contributed by atoms with Gasteiger partial charge < -0.3 is 10.6 Å². The molecule has 2 heteroatoms. The van der Waals surface area contributed by atoms with Crippen molar-refractivity contribution in [3.63, 3.8) is 0 Å². The molecular formula is C15H24N2. The van der Waals surface area contributed by atoms with Gasteiger partial charge in [0, 0.05) is 24.5 Å². The fraction of sp³-hybridized carbons (Fsp3) is 0.600. The maximum absolute atomic E-state index is 5.90. The fourth-order valence-electron chi connectivity index (χ4n) is 2.96. The maximum Gasteiger partial charge on any atom is 0.0416 e. The van der Waals surface area contributed by atoms with E-state index in [2.05, 4.69) is 37.9 Å². The van der Waals surface area contributed by atoms with Crippen LogP contribution in [0.3, 0.4) is 0 Å². The Kier molecular flexibility index (Phi) is 3.60. The number of rotatable bonds is 2. The van der Waals surface area contributed by atoms with Crippen molar-refractivity contribution in [3.8, 4) is 0 Å². The molecule has 94 valence electrons. The van der Waals surface area contributed by atoms with Crippen LogP contribution in [0.4, 0.5) is 11.4 Å². The van der Waals surface area contributed by atoms with Gasteiger partial charge in [0.2, 0.25) is 0 Å². The number of nitrogens with zero attached hydrogens (tertiary/aromatic N) is 1. The van der Waals surface area contributed by atoms with Gasteiger partial charge in [-0.1, -0.05) is 25.8 Å². The van der Waals surface area contributed by atoms with Crippen molar-refractivity contribution in [2.45, 2.75) is 45.6 Å². The van der Waals surface area contributed by atoms with E-state index in [0.717, 1.165) is 11.6 Å². The van der Waals surface area contributed by atoms with E-state index in [1.54, 1.807) is 0 Å². The van der Waals surface area contributed by atoms with E-state index in [0.29, 0.717) is 6.04 Å². The first-order valence-electron chi connectivity index (χ1n) is 6.67. The Morgan fingerprint density at radius 2 is 2.06 bits per heavy atom. The van der Waals surface area contributed by atoms with Crippen LogP contribution in [0.15, 0.2) is 18.2 Å². The van der Waals surface area contributed by atoms with Crippen molar-refractivity contribution < 1.29 is 0 Å². The van der Waals surface area contributed by atoms with Crippen LogP contribution in [0.1, 0.15) is 38.2 Å². The second-order valence-corrected chi connectivity index (χ2v) is 5.58. The van der Waals surface area contributed by atoms with Crippen LogP contribution >= 0.6 is 0 Å². The highest BCUT2D eigenvalue weighted by Crippen LogP contribution is 2.31. The number of hydrogen-bond acceptors (Lipinski definition) is 2. The zero-order chi connectivity index (χ0) is 12.4. The van der Waals surface area contributed by atoms with Crippen molar-refractivity contribution in [2.75, 3.05) is 17.7 Å². The van der Waals surface area contributed by atoms with Crippen LogP contribution in [0.5, 0.6) is 0 Å². The summed E-state index contributed by atoms with van der Waals surface area (Å²) in [6, 6.07) is 6.89. The summed E-state index contributed by atoms with van der Waals surface area (Å²) < 4.78 is 0. The summed E-state index contributed by atoms with van der Waals surface area (Å²) >= 11 is 0. The monoisotopic (exact) mass is 232 g/mol. The third kappa shape index (κ3) is 2.74. The third-order valence-electron chi connectivity index (χ3n) is 4.07. The number of nitrogen functional groups attached to an aromatic ring is 1. The van der Waals surface area contributed by atoms with Gasteiger partial charge in [-0.3, -0.25) is 0 Å². The van der Waals surface area contributed by atoms with E-state index in [-0.39, 0.29) is 0 Å². The lowest BCUT2D eigenvalue weighted by molar-refractivity contribution is 0.336. The van der Waals surface area contributed by atoms with Gasteiger partial charge >= 0.3 is 0 Å². The zero-order valence-corrected chi connectivity index (χ0v) is 11.2. The normalized spacial score (nSPS) is 24.6. The molecule has 0 radical (unpaired) electrons. The quantitative estimate of drug-likeness (QED) is 0.790. The van der Waals surface area contributed by atoms with Crippen molar-refractivity contribution in [2.24, 2.45) is 5.92 Å². The molecule has 0 aromatic heterocycles. The number of benzene rings is 1. The summed E-state index contributed by atoms with van der Waals surface area (Å²) in [6.45, 7) is 4.53. The standard InChI is InChI=1S/C15H24N2/c1-11-5-4-6-14(9-11)17(3)15-10-13(16)8-7-12(15)2/h7-8,10-11,14H,4-6,9,16H2,1-3H3. The molecule has 1 aromatic carbocycles. The molecule has 1 fully saturated rings. The SMILES string of the molecule is Cc1ccc(N)cc1N(C)C1CCCC(C)C1. The Labute approximate surface area is 105 Å². The van der Waals surface area contributed by atoms with Gasteiger partial charge in [0.15, 0.2) is 0 Å². The third-order valence-corrected chi connectivity index (χ3v) is 4.07. The summed E-state index contributed by atoms with van der Waals surface area (Å²) in [5.74, 6) is 0.859. The zero-order valence-electron chi connectivity index (χ0n) is 11.2. The van der Waals surface area contributed by atoms with Crippen LogP contribution in [0, 0.1) is 12.8 Å². The summed E-state index contributed by atoms with van der Waals surface area (Å²) in [5, 5.41) is 0. The van der Waals surface area contributed by atoms with Gasteiger partial charge in [-0.05, 0) is 43.4 Å². The molecule has 1 aromatic rings. The highest BCUT2D eigenvalue weighted by molar-refractivity contribution is 5.61. The molecule has 0 amide bonds. The second kappa shape index (κ2) is 4.99. The molecule has 0 heterocycles. The van der Waals surface area contributed by atoms with Gasteiger partial charge in [0.25, 0.3) is 0 Å². The van der Waals surface area contributed by atoms with Crippen LogP contribution < -0.4 is 10.6 Å². The smallest absolute Gasteiger partial charge is 0.0416 e.